The van der Waals surface area contributed by atoms with Crippen molar-refractivity contribution in [2.75, 3.05) is 13.1 Å². The summed E-state index contributed by atoms with van der Waals surface area (Å²) in [5.74, 6) is 0.783. The van der Waals surface area contributed by atoms with Crippen molar-refractivity contribution < 1.29 is 23.1 Å². The zero-order valence-corrected chi connectivity index (χ0v) is 20.5. The highest BCUT2D eigenvalue weighted by atomic mass is 19.1. The number of hydrogen-bond donors (Lipinski definition) is 1. The van der Waals surface area contributed by atoms with Crippen molar-refractivity contribution in [2.24, 2.45) is 11.8 Å². The van der Waals surface area contributed by atoms with Crippen LogP contribution >= 0.6 is 0 Å². The molecular weight excluding hydrogens is 461 g/mol. The lowest BCUT2D eigenvalue weighted by Crippen LogP contribution is -2.41. The Labute approximate surface area is 209 Å². The van der Waals surface area contributed by atoms with Gasteiger partial charge in [-0.05, 0) is 66.1 Å². The molecule has 0 bridgehead atoms. The van der Waals surface area contributed by atoms with Crippen LogP contribution in [0.2, 0.25) is 0 Å². The number of carbonyl (C=O) groups is 2. The van der Waals surface area contributed by atoms with E-state index in [1.165, 1.54) is 18.4 Å². The molecule has 8 heteroatoms. The number of rotatable bonds is 8. The molecule has 36 heavy (non-hydrogen) atoms. The summed E-state index contributed by atoms with van der Waals surface area (Å²) < 4.78 is 25.5. The number of hydrogen-bond acceptors (Lipinski definition) is 5. The van der Waals surface area contributed by atoms with E-state index in [0.29, 0.717) is 24.8 Å². The quantitative estimate of drug-likeness (QED) is 0.495. The van der Waals surface area contributed by atoms with Gasteiger partial charge in [0.1, 0.15) is 17.8 Å². The Bertz CT molecular complexity index is 1270. The van der Waals surface area contributed by atoms with Crippen LogP contribution in [0.3, 0.4) is 0 Å². The maximum Gasteiger partial charge on any atom is 0.273 e. The topological polar surface area (TPSA) is 84.7 Å². The second-order valence-corrected chi connectivity index (χ2v) is 9.89. The van der Waals surface area contributed by atoms with Gasteiger partial charge in [0.2, 0.25) is 11.8 Å². The lowest BCUT2D eigenvalue weighted by molar-refractivity contribution is -0.134. The molecule has 1 aromatic heterocycles. The van der Waals surface area contributed by atoms with Crippen LogP contribution in [0.1, 0.15) is 65.8 Å². The van der Waals surface area contributed by atoms with Crippen LogP contribution in [0, 0.1) is 17.7 Å². The van der Waals surface area contributed by atoms with E-state index in [4.69, 9.17) is 9.15 Å². The first kappa shape index (κ1) is 24.0. The predicted octanol–water partition coefficient (Wildman–Crippen LogP) is 4.66. The van der Waals surface area contributed by atoms with Crippen LogP contribution in [0.15, 0.2) is 53.1 Å². The first-order chi connectivity index (χ1) is 17.4. The van der Waals surface area contributed by atoms with Gasteiger partial charge in [-0.25, -0.2) is 9.37 Å². The third kappa shape index (κ3) is 5.27. The summed E-state index contributed by atoms with van der Waals surface area (Å²) in [6, 6.07) is 11.9. The molecule has 1 atom stereocenters. The Hall–Kier alpha value is -3.68. The molecule has 0 unspecified atom stereocenters. The average molecular weight is 492 g/mol. The van der Waals surface area contributed by atoms with Gasteiger partial charge >= 0.3 is 0 Å². The van der Waals surface area contributed by atoms with Crippen molar-refractivity contribution in [3.05, 3.63) is 82.8 Å². The number of oxazole rings is 1. The van der Waals surface area contributed by atoms with E-state index in [1.54, 1.807) is 6.07 Å². The number of nitrogens with zero attached hydrogens (tertiary/aromatic N) is 2. The van der Waals surface area contributed by atoms with Crippen molar-refractivity contribution in [1.29, 1.82) is 0 Å². The second-order valence-electron chi connectivity index (χ2n) is 9.89. The number of halogens is 1. The molecule has 1 fully saturated rings. The van der Waals surface area contributed by atoms with Crippen LogP contribution in [0.4, 0.5) is 4.39 Å². The monoisotopic (exact) mass is 491 g/mol. The third-order valence-corrected chi connectivity index (χ3v) is 6.54. The fraction of sp³-hybridized carbons (Fsp3) is 0.393. The van der Waals surface area contributed by atoms with Gasteiger partial charge in [0.15, 0.2) is 12.3 Å². The molecule has 1 saturated carbocycles. The largest absolute Gasteiger partial charge is 0.484 e. The molecule has 0 spiro atoms. The lowest BCUT2D eigenvalue weighted by atomic mass is 9.87. The fourth-order valence-corrected chi connectivity index (χ4v) is 4.54. The highest BCUT2D eigenvalue weighted by Crippen LogP contribution is 2.41. The van der Waals surface area contributed by atoms with E-state index in [2.05, 4.69) is 10.3 Å². The van der Waals surface area contributed by atoms with Gasteiger partial charge in [-0.3, -0.25) is 9.59 Å². The van der Waals surface area contributed by atoms with Gasteiger partial charge in [-0.15, -0.1) is 0 Å². The van der Waals surface area contributed by atoms with Gasteiger partial charge in [0, 0.05) is 19.0 Å². The average Bonchev–Trinajstić information content (AvgIpc) is 3.62. The van der Waals surface area contributed by atoms with Crippen molar-refractivity contribution in [3.8, 4) is 5.75 Å². The Balaban J connectivity index is 1.35. The number of carbonyl (C=O) groups excluding carboxylic acids is 2. The minimum Gasteiger partial charge on any atom is -0.484 e. The zero-order valence-electron chi connectivity index (χ0n) is 20.5. The lowest BCUT2D eigenvalue weighted by Gasteiger charge is -2.38. The zero-order chi connectivity index (χ0) is 25.2. The number of amides is 2. The van der Waals surface area contributed by atoms with Crippen molar-refractivity contribution >= 4 is 11.8 Å². The molecule has 1 aliphatic heterocycles. The van der Waals surface area contributed by atoms with Crippen molar-refractivity contribution in [2.45, 2.75) is 45.8 Å². The van der Waals surface area contributed by atoms with E-state index in [0.717, 1.165) is 36.0 Å². The van der Waals surface area contributed by atoms with Crippen LogP contribution in [-0.4, -0.2) is 34.8 Å². The predicted molar refractivity (Wildman–Crippen MR) is 131 cm³/mol. The SMILES string of the molecule is CC(C)CNC(=O)c1coc(COc2ccc3c(c2)[C@H](c2cccc(F)c2)N(C(=O)C2CC2)CC3)n1. The summed E-state index contributed by atoms with van der Waals surface area (Å²) in [6.07, 6.45) is 3.88. The first-order valence-corrected chi connectivity index (χ1v) is 12.4. The summed E-state index contributed by atoms with van der Waals surface area (Å²) in [5, 5.41) is 2.81. The number of aromatic nitrogens is 1. The molecule has 1 aliphatic carbocycles. The molecule has 2 aliphatic rings. The van der Waals surface area contributed by atoms with Crippen LogP contribution in [0.25, 0.3) is 0 Å². The molecule has 1 N–H and O–H groups in total. The highest BCUT2D eigenvalue weighted by molar-refractivity contribution is 5.91. The number of fused-ring (bicyclic) bond motifs is 1. The molecule has 2 aromatic carbocycles. The first-order valence-electron chi connectivity index (χ1n) is 12.4. The minimum absolute atomic E-state index is 0.0472. The van der Waals surface area contributed by atoms with E-state index >= 15 is 0 Å². The highest BCUT2D eigenvalue weighted by Gasteiger charge is 2.39. The van der Waals surface area contributed by atoms with Gasteiger partial charge in [-0.2, -0.15) is 0 Å². The molecule has 188 valence electrons. The maximum atomic E-state index is 14.2. The van der Waals surface area contributed by atoms with E-state index in [1.807, 2.05) is 43.0 Å². The molecule has 0 saturated heterocycles. The second kappa shape index (κ2) is 10.1. The van der Waals surface area contributed by atoms with Gasteiger partial charge in [0.25, 0.3) is 5.91 Å². The maximum absolute atomic E-state index is 14.2. The molecule has 0 radical (unpaired) electrons. The number of benzene rings is 2. The van der Waals surface area contributed by atoms with Gasteiger partial charge < -0.3 is 19.4 Å². The fourth-order valence-electron chi connectivity index (χ4n) is 4.54. The van der Waals surface area contributed by atoms with Crippen molar-refractivity contribution in [3.63, 3.8) is 0 Å². The molecule has 3 aromatic rings. The minimum atomic E-state index is -0.376. The third-order valence-electron chi connectivity index (χ3n) is 6.54. The molecule has 7 nitrogen and oxygen atoms in total. The normalized spacial score (nSPS) is 17.1. The molecule has 2 heterocycles. The van der Waals surface area contributed by atoms with Gasteiger partial charge in [-0.1, -0.05) is 32.0 Å². The van der Waals surface area contributed by atoms with E-state index < -0.39 is 0 Å². The van der Waals surface area contributed by atoms with Crippen LogP contribution in [-0.2, 0) is 17.8 Å². The number of nitrogens with one attached hydrogen (secondary N) is 1. The Morgan fingerprint density at radius 3 is 2.81 bits per heavy atom. The summed E-state index contributed by atoms with van der Waals surface area (Å²) in [4.78, 5) is 31.4. The summed E-state index contributed by atoms with van der Waals surface area (Å²) in [7, 11) is 0. The smallest absolute Gasteiger partial charge is 0.273 e. The summed E-state index contributed by atoms with van der Waals surface area (Å²) in [5.41, 5.74) is 2.99. The van der Waals surface area contributed by atoms with Crippen LogP contribution in [0.5, 0.6) is 5.75 Å². The Kier molecular flexibility index (Phi) is 6.76. The Morgan fingerprint density at radius 2 is 2.06 bits per heavy atom. The van der Waals surface area contributed by atoms with Gasteiger partial charge in [0.05, 0.1) is 6.04 Å². The van der Waals surface area contributed by atoms with Crippen molar-refractivity contribution in [1.82, 2.24) is 15.2 Å². The standard InChI is InChI=1S/C28H30FN3O4/c1-17(2)14-30-27(33)24-15-36-25(31-24)16-35-22-9-8-18-10-11-32(28(34)19-6-7-19)26(23(18)13-22)20-4-3-5-21(29)12-20/h3-5,8-9,12-13,15,17,19,26H,6-7,10-11,14,16H2,1-2H3,(H,30,33)/t26-/m0/s1. The summed E-state index contributed by atoms with van der Waals surface area (Å²) >= 11 is 0. The van der Waals surface area contributed by atoms with E-state index in [9.17, 15) is 14.0 Å². The molecule has 2 amide bonds. The van der Waals surface area contributed by atoms with Crippen LogP contribution < -0.4 is 10.1 Å². The summed E-state index contributed by atoms with van der Waals surface area (Å²) in [6.45, 7) is 5.23. The number of ether oxygens (including phenoxy) is 1. The Morgan fingerprint density at radius 1 is 1.22 bits per heavy atom. The molecular formula is C28H30FN3O4. The molecule has 5 rings (SSSR count). The van der Waals surface area contributed by atoms with E-state index in [-0.39, 0.29) is 47.8 Å².